The average Bonchev–Trinajstić information content (AvgIpc) is 2.79. The predicted octanol–water partition coefficient (Wildman–Crippen LogP) is 4.02. The molecule has 1 aromatic carbocycles. The maximum atomic E-state index is 13.4. The average molecular weight is 297 g/mol. The molecule has 1 aromatic heterocycles. The smallest absolute Gasteiger partial charge is 0.160 e. The number of rotatable bonds is 2. The van der Waals surface area contributed by atoms with Gasteiger partial charge in [0.05, 0.1) is 15.8 Å². The Labute approximate surface area is 118 Å². The van der Waals surface area contributed by atoms with Crippen molar-refractivity contribution in [3.05, 3.63) is 56.0 Å². The molecule has 0 spiro atoms. The third-order valence-corrected chi connectivity index (χ3v) is 4.49. The molecule has 1 unspecified atom stereocenters. The van der Waals surface area contributed by atoms with Crippen LogP contribution in [0.1, 0.15) is 32.5 Å². The molecule has 19 heavy (non-hydrogen) atoms. The Morgan fingerprint density at radius 2 is 2.21 bits per heavy atom. The molecule has 2 aromatic rings. The summed E-state index contributed by atoms with van der Waals surface area (Å²) in [5.41, 5.74) is 2.59. The number of ether oxygens (including phenoxy) is 1. The Hall–Kier alpha value is -1.23. The summed E-state index contributed by atoms with van der Waals surface area (Å²) in [5, 5.41) is 0. The fourth-order valence-electron chi connectivity index (χ4n) is 2.31. The number of halogens is 2. The summed E-state index contributed by atoms with van der Waals surface area (Å²) in [5.74, 6) is -0.295. The zero-order valence-corrected chi connectivity index (χ0v) is 11.4. The van der Waals surface area contributed by atoms with Crippen molar-refractivity contribution >= 4 is 29.2 Å². The molecule has 0 amide bonds. The van der Waals surface area contributed by atoms with Crippen LogP contribution in [0.5, 0.6) is 0 Å². The van der Waals surface area contributed by atoms with E-state index in [0.29, 0.717) is 15.8 Å². The number of aldehydes is 1. The highest BCUT2D eigenvalue weighted by molar-refractivity contribution is 7.17. The number of fused-ring (bicyclic) bond motifs is 1. The normalized spacial score (nSPS) is 18.1. The molecular formula is C14H10ClFO2S. The number of thiophene rings is 1. The third-order valence-electron chi connectivity index (χ3n) is 3.18. The summed E-state index contributed by atoms with van der Waals surface area (Å²) in [6.07, 6.45) is 1.13. The predicted molar refractivity (Wildman–Crippen MR) is 72.6 cm³/mol. The topological polar surface area (TPSA) is 26.3 Å². The number of carbonyl (C=O) groups excluding carboxylic acids is 1. The van der Waals surface area contributed by atoms with Gasteiger partial charge in [-0.05, 0) is 35.7 Å². The van der Waals surface area contributed by atoms with Crippen LogP contribution in [-0.2, 0) is 11.2 Å². The summed E-state index contributed by atoms with van der Waals surface area (Å²) < 4.78 is 19.7. The van der Waals surface area contributed by atoms with Crippen LogP contribution in [0.25, 0.3) is 0 Å². The Bertz CT molecular complexity index is 638. The van der Waals surface area contributed by atoms with Crippen molar-refractivity contribution in [2.75, 3.05) is 6.61 Å². The first kappa shape index (κ1) is 12.8. The van der Waals surface area contributed by atoms with E-state index in [1.165, 1.54) is 23.5 Å². The molecule has 2 heterocycles. The van der Waals surface area contributed by atoms with E-state index < -0.39 is 6.10 Å². The van der Waals surface area contributed by atoms with E-state index in [9.17, 15) is 9.18 Å². The molecule has 1 atom stereocenters. The summed E-state index contributed by atoms with van der Waals surface area (Å²) >= 11 is 7.36. The number of benzene rings is 1. The van der Waals surface area contributed by atoms with Crippen LogP contribution in [0.3, 0.4) is 0 Å². The van der Waals surface area contributed by atoms with Crippen molar-refractivity contribution in [1.82, 2.24) is 0 Å². The van der Waals surface area contributed by atoms with Gasteiger partial charge in [0, 0.05) is 5.56 Å². The van der Waals surface area contributed by atoms with E-state index >= 15 is 0 Å². The van der Waals surface area contributed by atoms with Gasteiger partial charge in [-0.15, -0.1) is 11.3 Å². The summed E-state index contributed by atoms with van der Waals surface area (Å²) in [7, 11) is 0. The molecule has 0 N–H and O–H groups in total. The molecule has 0 bridgehead atoms. The van der Waals surface area contributed by atoms with Crippen molar-refractivity contribution < 1.29 is 13.9 Å². The maximum absolute atomic E-state index is 13.4. The van der Waals surface area contributed by atoms with Gasteiger partial charge in [0.15, 0.2) is 6.29 Å². The van der Waals surface area contributed by atoms with Crippen molar-refractivity contribution in [3.63, 3.8) is 0 Å². The van der Waals surface area contributed by atoms with Crippen molar-refractivity contribution in [1.29, 1.82) is 0 Å². The van der Waals surface area contributed by atoms with E-state index in [2.05, 4.69) is 0 Å². The number of hydrogen-bond acceptors (Lipinski definition) is 3. The van der Waals surface area contributed by atoms with Crippen molar-refractivity contribution in [2.24, 2.45) is 0 Å². The molecule has 2 nitrogen and oxygen atoms in total. The molecule has 0 aliphatic carbocycles. The van der Waals surface area contributed by atoms with Crippen LogP contribution < -0.4 is 0 Å². The molecule has 0 saturated heterocycles. The molecule has 3 rings (SSSR count). The molecule has 0 saturated carbocycles. The zero-order valence-electron chi connectivity index (χ0n) is 9.86. The second-order valence-electron chi connectivity index (χ2n) is 4.34. The molecule has 5 heteroatoms. The molecular weight excluding hydrogens is 287 g/mol. The summed E-state index contributed by atoms with van der Waals surface area (Å²) in [6.45, 7) is 0.561. The lowest BCUT2D eigenvalue weighted by Gasteiger charge is -2.26. The molecule has 1 aliphatic heterocycles. The highest BCUT2D eigenvalue weighted by atomic mass is 35.5. The standard InChI is InChI=1S/C14H10ClFO2S/c15-14-12(6-10(7-17)19-14)13-11-5-9(16)2-1-8(11)3-4-18-13/h1-2,5-7,13H,3-4H2. The molecule has 1 aliphatic rings. The van der Waals surface area contributed by atoms with Gasteiger partial charge in [0.25, 0.3) is 0 Å². The number of hydrogen-bond donors (Lipinski definition) is 0. The van der Waals surface area contributed by atoms with Crippen LogP contribution in [0, 0.1) is 5.82 Å². The second-order valence-corrected chi connectivity index (χ2v) is 6.03. The molecule has 0 radical (unpaired) electrons. The Morgan fingerprint density at radius 1 is 1.37 bits per heavy atom. The lowest BCUT2D eigenvalue weighted by Crippen LogP contribution is -2.17. The highest BCUT2D eigenvalue weighted by Crippen LogP contribution is 2.40. The van der Waals surface area contributed by atoms with Crippen LogP contribution in [-0.4, -0.2) is 12.9 Å². The Kier molecular flexibility index (Phi) is 3.39. The first-order valence-corrected chi connectivity index (χ1v) is 7.03. The zero-order chi connectivity index (χ0) is 13.4. The minimum absolute atomic E-state index is 0.295. The van der Waals surface area contributed by atoms with Crippen LogP contribution in [0.15, 0.2) is 24.3 Å². The quantitative estimate of drug-likeness (QED) is 0.783. The maximum Gasteiger partial charge on any atom is 0.160 e. The minimum atomic E-state index is -0.392. The highest BCUT2D eigenvalue weighted by Gasteiger charge is 2.26. The molecule has 98 valence electrons. The second kappa shape index (κ2) is 5.04. The fraction of sp³-hybridized carbons (Fsp3) is 0.214. The number of carbonyl (C=O) groups is 1. The summed E-state index contributed by atoms with van der Waals surface area (Å²) in [4.78, 5) is 11.4. The van der Waals surface area contributed by atoms with Gasteiger partial charge in [0.1, 0.15) is 11.9 Å². The minimum Gasteiger partial charge on any atom is -0.368 e. The van der Waals surface area contributed by atoms with Crippen LogP contribution in [0.4, 0.5) is 4.39 Å². The van der Waals surface area contributed by atoms with E-state index in [1.807, 2.05) is 0 Å². The fourth-order valence-corrected chi connectivity index (χ4v) is 3.46. The van der Waals surface area contributed by atoms with Gasteiger partial charge in [-0.1, -0.05) is 17.7 Å². The molecule has 0 fully saturated rings. The van der Waals surface area contributed by atoms with Crippen molar-refractivity contribution in [2.45, 2.75) is 12.5 Å². The van der Waals surface area contributed by atoms with Crippen LogP contribution in [0.2, 0.25) is 4.34 Å². The van der Waals surface area contributed by atoms with Gasteiger partial charge in [-0.25, -0.2) is 4.39 Å². The monoisotopic (exact) mass is 296 g/mol. The first-order chi connectivity index (χ1) is 9.19. The van der Waals surface area contributed by atoms with Crippen LogP contribution >= 0.6 is 22.9 Å². The summed E-state index contributed by atoms with van der Waals surface area (Å²) in [6, 6.07) is 6.42. The lowest BCUT2D eigenvalue weighted by molar-refractivity contribution is 0.0699. The van der Waals surface area contributed by atoms with Gasteiger partial charge >= 0.3 is 0 Å². The van der Waals surface area contributed by atoms with E-state index in [0.717, 1.165) is 29.4 Å². The van der Waals surface area contributed by atoms with Crippen molar-refractivity contribution in [3.8, 4) is 0 Å². The van der Waals surface area contributed by atoms with E-state index in [4.69, 9.17) is 16.3 Å². The lowest BCUT2D eigenvalue weighted by atomic mass is 9.94. The largest absolute Gasteiger partial charge is 0.368 e. The SMILES string of the molecule is O=Cc1cc(C2OCCc3ccc(F)cc32)c(Cl)s1. The van der Waals surface area contributed by atoms with Gasteiger partial charge in [0.2, 0.25) is 0 Å². The van der Waals surface area contributed by atoms with E-state index in [-0.39, 0.29) is 5.82 Å². The Balaban J connectivity index is 2.09. The Morgan fingerprint density at radius 3 is 2.95 bits per heavy atom. The van der Waals surface area contributed by atoms with Gasteiger partial charge in [-0.2, -0.15) is 0 Å². The third kappa shape index (κ3) is 2.31. The van der Waals surface area contributed by atoms with E-state index in [1.54, 1.807) is 12.1 Å². The van der Waals surface area contributed by atoms with Gasteiger partial charge in [-0.3, -0.25) is 4.79 Å². The first-order valence-electron chi connectivity index (χ1n) is 5.83. The van der Waals surface area contributed by atoms with Gasteiger partial charge < -0.3 is 4.74 Å².